The summed E-state index contributed by atoms with van der Waals surface area (Å²) >= 11 is 6.02. The molecule has 0 spiro atoms. The molecule has 2 atom stereocenters. The maximum atomic E-state index is 14.3. The molecule has 7 heteroatoms. The van der Waals surface area contributed by atoms with E-state index in [1.54, 1.807) is 0 Å². The minimum atomic E-state index is -0.976. The average Bonchev–Trinajstić information content (AvgIpc) is 2.58. The number of anilines is 1. The lowest BCUT2D eigenvalue weighted by molar-refractivity contribution is -0.0847. The number of alkyl halides is 1. The first-order valence-electron chi connectivity index (χ1n) is 6.11. The maximum absolute atomic E-state index is 14.3. The van der Waals surface area contributed by atoms with Gasteiger partial charge >= 0.3 is 0 Å². The fraction of sp³-hybridized carbons (Fsp3) is 0.727. The van der Waals surface area contributed by atoms with Gasteiger partial charge in [-0.05, 0) is 6.42 Å². The Bertz CT molecular complexity index is 437. The van der Waals surface area contributed by atoms with E-state index in [1.165, 1.54) is 10.9 Å². The van der Waals surface area contributed by atoms with Gasteiger partial charge in [0.25, 0.3) is 0 Å². The summed E-state index contributed by atoms with van der Waals surface area (Å²) in [6.45, 7) is 2.68. The predicted octanol–water partition coefficient (Wildman–Crippen LogP) is 1.10. The lowest BCUT2D eigenvalue weighted by Crippen LogP contribution is -2.55. The summed E-state index contributed by atoms with van der Waals surface area (Å²) in [5, 5.41) is 4.41. The van der Waals surface area contributed by atoms with Crippen LogP contribution in [-0.4, -0.2) is 53.2 Å². The lowest BCUT2D eigenvalue weighted by Gasteiger charge is -2.42. The largest absolute Gasteiger partial charge is 0.395 e. The van der Waals surface area contributed by atoms with Gasteiger partial charge in [-0.2, -0.15) is 5.10 Å². The number of ether oxygens (including phenoxy) is 1. The molecule has 1 aromatic rings. The van der Waals surface area contributed by atoms with Crippen LogP contribution in [0.5, 0.6) is 0 Å². The standard InChI is InChI=1S/C11H16ClFN4O/c12-11-9(14)3-15-17(11)10-1-2-16(4-8(10)13)7-5-18-6-7/h3,7-8,10H,1-2,4-6,14H2/t8-,10-/m0/s1. The van der Waals surface area contributed by atoms with Crippen LogP contribution in [-0.2, 0) is 4.74 Å². The van der Waals surface area contributed by atoms with Crippen molar-refractivity contribution >= 4 is 17.3 Å². The van der Waals surface area contributed by atoms with Crippen molar-refractivity contribution in [2.45, 2.75) is 24.7 Å². The summed E-state index contributed by atoms with van der Waals surface area (Å²) in [7, 11) is 0. The predicted molar refractivity (Wildman–Crippen MR) is 66.4 cm³/mol. The van der Waals surface area contributed by atoms with Gasteiger partial charge in [-0.25, -0.2) is 9.07 Å². The minimum Gasteiger partial charge on any atom is -0.395 e. The fourth-order valence-corrected chi connectivity index (χ4v) is 2.77. The molecule has 100 valence electrons. The quantitative estimate of drug-likeness (QED) is 0.878. The van der Waals surface area contributed by atoms with Crippen LogP contribution < -0.4 is 5.73 Å². The second kappa shape index (κ2) is 4.68. The topological polar surface area (TPSA) is 56.3 Å². The first-order valence-corrected chi connectivity index (χ1v) is 6.49. The summed E-state index contributed by atoms with van der Waals surface area (Å²) < 4.78 is 20.9. The van der Waals surface area contributed by atoms with Crippen LogP contribution in [0.15, 0.2) is 6.20 Å². The number of nitrogens with zero attached hydrogens (tertiary/aromatic N) is 3. The van der Waals surface area contributed by atoms with E-state index in [-0.39, 0.29) is 6.04 Å². The Morgan fingerprint density at radius 1 is 1.50 bits per heavy atom. The van der Waals surface area contributed by atoms with Gasteiger partial charge in [0.1, 0.15) is 11.3 Å². The van der Waals surface area contributed by atoms with Crippen molar-refractivity contribution in [3.05, 3.63) is 11.3 Å². The van der Waals surface area contributed by atoms with E-state index in [9.17, 15) is 4.39 Å². The highest BCUT2D eigenvalue weighted by Crippen LogP contribution is 2.31. The Morgan fingerprint density at radius 3 is 2.78 bits per heavy atom. The first-order chi connectivity index (χ1) is 8.66. The summed E-state index contributed by atoms with van der Waals surface area (Å²) in [6.07, 6.45) is 1.19. The molecule has 3 heterocycles. The van der Waals surface area contributed by atoms with E-state index >= 15 is 0 Å². The number of nitrogen functional groups attached to an aromatic ring is 1. The zero-order valence-corrected chi connectivity index (χ0v) is 10.7. The van der Waals surface area contributed by atoms with E-state index in [2.05, 4.69) is 10.00 Å². The van der Waals surface area contributed by atoms with Gasteiger partial charge in [0, 0.05) is 13.1 Å². The van der Waals surface area contributed by atoms with Crippen molar-refractivity contribution < 1.29 is 9.13 Å². The molecular formula is C11H16ClFN4O. The summed E-state index contributed by atoms with van der Waals surface area (Å²) in [6, 6.07) is 0.0643. The van der Waals surface area contributed by atoms with Crippen molar-refractivity contribution in [3.63, 3.8) is 0 Å². The molecule has 0 saturated carbocycles. The Labute approximate surface area is 110 Å². The maximum Gasteiger partial charge on any atom is 0.150 e. The third kappa shape index (κ3) is 1.98. The number of hydrogen-bond acceptors (Lipinski definition) is 4. The van der Waals surface area contributed by atoms with E-state index < -0.39 is 6.17 Å². The number of likely N-dealkylation sites (tertiary alicyclic amines) is 1. The van der Waals surface area contributed by atoms with Gasteiger partial charge < -0.3 is 10.5 Å². The zero-order chi connectivity index (χ0) is 12.7. The van der Waals surface area contributed by atoms with Gasteiger partial charge in [-0.15, -0.1) is 0 Å². The highest BCUT2D eigenvalue weighted by Gasteiger charge is 2.37. The second-order valence-corrected chi connectivity index (χ2v) is 5.25. The average molecular weight is 275 g/mol. The Hall–Kier alpha value is -0.850. The van der Waals surface area contributed by atoms with Crippen LogP contribution in [0.3, 0.4) is 0 Å². The number of hydrogen-bond donors (Lipinski definition) is 1. The van der Waals surface area contributed by atoms with Crippen LogP contribution in [0, 0.1) is 0 Å². The van der Waals surface area contributed by atoms with Gasteiger partial charge in [0.15, 0.2) is 0 Å². The molecule has 0 aliphatic carbocycles. The third-order valence-electron chi connectivity index (χ3n) is 3.75. The monoisotopic (exact) mass is 274 g/mol. The SMILES string of the molecule is Nc1cnn([C@H]2CCN(C3COC3)C[C@@H]2F)c1Cl. The van der Waals surface area contributed by atoms with E-state index in [4.69, 9.17) is 22.1 Å². The zero-order valence-electron chi connectivity index (χ0n) is 9.93. The Morgan fingerprint density at radius 2 is 2.28 bits per heavy atom. The molecule has 2 aliphatic rings. The molecule has 0 bridgehead atoms. The highest BCUT2D eigenvalue weighted by molar-refractivity contribution is 6.32. The van der Waals surface area contributed by atoms with Gasteiger partial charge in [-0.3, -0.25) is 4.90 Å². The molecule has 0 unspecified atom stereocenters. The molecule has 2 saturated heterocycles. The van der Waals surface area contributed by atoms with Crippen LogP contribution in [0.25, 0.3) is 0 Å². The fourth-order valence-electron chi connectivity index (χ4n) is 2.55. The smallest absolute Gasteiger partial charge is 0.150 e. The minimum absolute atomic E-state index is 0.313. The molecule has 0 amide bonds. The molecule has 0 radical (unpaired) electrons. The molecular weight excluding hydrogens is 259 g/mol. The number of aromatic nitrogens is 2. The first kappa shape index (κ1) is 12.2. The van der Waals surface area contributed by atoms with Crippen LogP contribution >= 0.6 is 11.6 Å². The van der Waals surface area contributed by atoms with E-state index in [1.807, 2.05) is 0 Å². The van der Waals surface area contributed by atoms with Crippen molar-refractivity contribution in [2.24, 2.45) is 0 Å². The van der Waals surface area contributed by atoms with Crippen LogP contribution in [0.2, 0.25) is 5.15 Å². The molecule has 5 nitrogen and oxygen atoms in total. The molecule has 0 aromatic carbocycles. The number of nitrogens with two attached hydrogens (primary N) is 1. The van der Waals surface area contributed by atoms with E-state index in [0.717, 1.165) is 6.54 Å². The van der Waals surface area contributed by atoms with Gasteiger partial charge in [0.05, 0.1) is 37.2 Å². The molecule has 1 aromatic heterocycles. The highest BCUT2D eigenvalue weighted by atomic mass is 35.5. The molecule has 18 heavy (non-hydrogen) atoms. The number of rotatable bonds is 2. The van der Waals surface area contributed by atoms with E-state index in [0.29, 0.717) is 43.1 Å². The van der Waals surface area contributed by atoms with Crippen LogP contribution in [0.4, 0.5) is 10.1 Å². The third-order valence-corrected chi connectivity index (χ3v) is 4.14. The molecule has 2 fully saturated rings. The molecule has 3 rings (SSSR count). The Balaban J connectivity index is 1.70. The van der Waals surface area contributed by atoms with Crippen molar-refractivity contribution in [3.8, 4) is 0 Å². The van der Waals surface area contributed by atoms with Gasteiger partial charge in [-0.1, -0.05) is 11.6 Å². The number of piperidine rings is 1. The lowest BCUT2D eigenvalue weighted by atomic mass is 10.0. The molecule has 2 N–H and O–H groups in total. The van der Waals surface area contributed by atoms with Crippen molar-refractivity contribution in [1.29, 1.82) is 0 Å². The van der Waals surface area contributed by atoms with Gasteiger partial charge in [0.2, 0.25) is 0 Å². The van der Waals surface area contributed by atoms with Crippen molar-refractivity contribution in [1.82, 2.24) is 14.7 Å². The summed E-state index contributed by atoms with van der Waals surface area (Å²) in [4.78, 5) is 2.14. The van der Waals surface area contributed by atoms with Crippen molar-refractivity contribution in [2.75, 3.05) is 32.0 Å². The Kier molecular flexibility index (Phi) is 3.17. The summed E-state index contributed by atoms with van der Waals surface area (Å²) in [5.41, 5.74) is 6.04. The number of halogens is 2. The van der Waals surface area contributed by atoms with Crippen LogP contribution in [0.1, 0.15) is 12.5 Å². The molecule has 2 aliphatic heterocycles. The normalized spacial score (nSPS) is 30.3. The second-order valence-electron chi connectivity index (χ2n) is 4.89. The summed E-state index contributed by atoms with van der Waals surface area (Å²) in [5.74, 6) is 0.